The Bertz CT molecular complexity index is 1200. The molecule has 0 N–H and O–H groups in total. The van der Waals surface area contributed by atoms with Crippen LogP contribution in [0, 0.1) is 13.8 Å². The van der Waals surface area contributed by atoms with Crippen molar-refractivity contribution in [3.63, 3.8) is 0 Å². The first-order chi connectivity index (χ1) is 15.3. The van der Waals surface area contributed by atoms with Crippen molar-refractivity contribution in [1.29, 1.82) is 0 Å². The Hall–Kier alpha value is -3.04. The van der Waals surface area contributed by atoms with Gasteiger partial charge in [0.2, 0.25) is 10.0 Å². The molecule has 32 heavy (non-hydrogen) atoms. The average Bonchev–Trinajstić information content (AvgIpc) is 3.17. The lowest BCUT2D eigenvalue weighted by Crippen LogP contribution is -2.48. The van der Waals surface area contributed by atoms with Gasteiger partial charge in [0, 0.05) is 43.0 Å². The molecule has 2 aromatic carbocycles. The molecule has 9 heteroatoms. The Balaban J connectivity index is 1.58. The number of aryl methyl sites for hydroxylation is 1. The molecule has 1 aliphatic heterocycles. The number of anilines is 1. The van der Waals surface area contributed by atoms with E-state index in [1.807, 2.05) is 38.1 Å². The van der Waals surface area contributed by atoms with E-state index in [0.717, 1.165) is 22.7 Å². The normalized spacial score (nSPS) is 15.1. The van der Waals surface area contributed by atoms with Crippen LogP contribution in [0.3, 0.4) is 0 Å². The third kappa shape index (κ3) is 4.05. The Morgan fingerprint density at radius 2 is 1.62 bits per heavy atom. The van der Waals surface area contributed by atoms with E-state index in [2.05, 4.69) is 10.1 Å². The maximum Gasteiger partial charge on any atom is 0.246 e. The zero-order chi connectivity index (χ0) is 22.9. The quantitative estimate of drug-likeness (QED) is 0.560. The van der Waals surface area contributed by atoms with Gasteiger partial charge in [0.25, 0.3) is 0 Å². The highest BCUT2D eigenvalue weighted by atomic mass is 32.2. The maximum atomic E-state index is 13.5. The number of ether oxygens (including phenoxy) is 2. The highest BCUT2D eigenvalue weighted by molar-refractivity contribution is 7.89. The molecule has 0 radical (unpaired) electrons. The number of aromatic nitrogens is 1. The molecule has 0 unspecified atom stereocenters. The van der Waals surface area contributed by atoms with E-state index in [-0.39, 0.29) is 4.90 Å². The molecule has 170 valence electrons. The van der Waals surface area contributed by atoms with Gasteiger partial charge in [-0.2, -0.15) is 4.31 Å². The van der Waals surface area contributed by atoms with Gasteiger partial charge in [-0.1, -0.05) is 5.16 Å². The zero-order valence-corrected chi connectivity index (χ0v) is 19.5. The number of piperazine rings is 1. The number of rotatable bonds is 6. The molecule has 0 amide bonds. The first kappa shape index (κ1) is 22.2. The third-order valence-corrected chi connectivity index (χ3v) is 7.80. The molecular formula is C23H27N3O5S. The molecule has 0 atom stereocenters. The van der Waals surface area contributed by atoms with Crippen LogP contribution in [-0.4, -0.2) is 58.3 Å². The summed E-state index contributed by atoms with van der Waals surface area (Å²) in [5, 5.41) is 3.99. The fraction of sp³-hybridized carbons (Fsp3) is 0.348. The molecule has 2 heterocycles. The molecule has 4 rings (SSSR count). The van der Waals surface area contributed by atoms with E-state index < -0.39 is 10.0 Å². The van der Waals surface area contributed by atoms with E-state index in [9.17, 15) is 8.42 Å². The van der Waals surface area contributed by atoms with Crippen molar-refractivity contribution < 1.29 is 22.4 Å². The van der Waals surface area contributed by atoms with Gasteiger partial charge in [0.05, 0.1) is 19.9 Å². The Morgan fingerprint density at radius 3 is 2.19 bits per heavy atom. The summed E-state index contributed by atoms with van der Waals surface area (Å²) in [5.74, 6) is 1.66. The van der Waals surface area contributed by atoms with Gasteiger partial charge in [0.1, 0.15) is 16.4 Å². The largest absolute Gasteiger partial charge is 0.497 e. The number of hydrogen-bond donors (Lipinski definition) is 0. The lowest BCUT2D eigenvalue weighted by atomic mass is 10.1. The van der Waals surface area contributed by atoms with Crippen LogP contribution in [0.1, 0.15) is 11.3 Å². The fourth-order valence-electron chi connectivity index (χ4n) is 3.82. The van der Waals surface area contributed by atoms with Gasteiger partial charge in [-0.15, -0.1) is 0 Å². The van der Waals surface area contributed by atoms with Crippen molar-refractivity contribution >= 4 is 15.7 Å². The second kappa shape index (κ2) is 8.84. The topological polar surface area (TPSA) is 85.1 Å². The molecule has 8 nitrogen and oxygen atoms in total. The summed E-state index contributed by atoms with van der Waals surface area (Å²) in [6.45, 7) is 5.69. The highest BCUT2D eigenvalue weighted by Gasteiger charge is 2.31. The highest BCUT2D eigenvalue weighted by Crippen LogP contribution is 2.34. The van der Waals surface area contributed by atoms with Crippen molar-refractivity contribution in [1.82, 2.24) is 9.46 Å². The Kier molecular flexibility index (Phi) is 6.12. The van der Waals surface area contributed by atoms with Crippen molar-refractivity contribution in [2.45, 2.75) is 18.7 Å². The van der Waals surface area contributed by atoms with Crippen LogP contribution in [-0.2, 0) is 10.0 Å². The van der Waals surface area contributed by atoms with Crippen LogP contribution in [0.4, 0.5) is 5.69 Å². The van der Waals surface area contributed by atoms with E-state index in [4.69, 9.17) is 14.0 Å². The molecule has 3 aromatic rings. The maximum absolute atomic E-state index is 13.5. The predicted octanol–water partition coefficient (Wildman–Crippen LogP) is 3.49. The summed E-state index contributed by atoms with van der Waals surface area (Å²) in [7, 11) is -0.655. The van der Waals surface area contributed by atoms with Crippen molar-refractivity contribution in [2.24, 2.45) is 0 Å². The van der Waals surface area contributed by atoms with Crippen LogP contribution >= 0.6 is 0 Å². The predicted molar refractivity (Wildman–Crippen MR) is 122 cm³/mol. The second-order valence-corrected chi connectivity index (χ2v) is 9.58. The first-order valence-electron chi connectivity index (χ1n) is 10.4. The molecule has 1 saturated heterocycles. The smallest absolute Gasteiger partial charge is 0.246 e. The summed E-state index contributed by atoms with van der Waals surface area (Å²) in [4.78, 5) is 2.30. The summed E-state index contributed by atoms with van der Waals surface area (Å²) < 4.78 is 44.6. The molecule has 0 spiro atoms. The standard InChI is InChI=1S/C23H27N3O5S/c1-16-17(2)24-31-23(16)18-5-10-21(30-4)22(15-18)32(27,28)26-13-11-25(12-14-26)19-6-8-20(29-3)9-7-19/h5-10,15H,11-14H2,1-4H3. The minimum Gasteiger partial charge on any atom is -0.497 e. The number of sulfonamides is 1. The van der Waals surface area contributed by atoms with Crippen LogP contribution in [0.15, 0.2) is 51.9 Å². The minimum absolute atomic E-state index is 0.129. The lowest BCUT2D eigenvalue weighted by Gasteiger charge is -2.35. The van der Waals surface area contributed by atoms with E-state index >= 15 is 0 Å². The summed E-state index contributed by atoms with van der Waals surface area (Å²) in [6.07, 6.45) is 0. The van der Waals surface area contributed by atoms with Crippen LogP contribution < -0.4 is 14.4 Å². The van der Waals surface area contributed by atoms with Crippen molar-refractivity contribution in [3.05, 3.63) is 53.7 Å². The lowest BCUT2D eigenvalue weighted by molar-refractivity contribution is 0.374. The summed E-state index contributed by atoms with van der Waals surface area (Å²) in [6, 6.07) is 12.8. The molecule has 0 bridgehead atoms. The fourth-order valence-corrected chi connectivity index (χ4v) is 5.43. The molecule has 0 aliphatic carbocycles. The Labute approximate surface area is 188 Å². The summed E-state index contributed by atoms with van der Waals surface area (Å²) >= 11 is 0. The van der Waals surface area contributed by atoms with Crippen LogP contribution in [0.2, 0.25) is 0 Å². The number of benzene rings is 2. The van der Waals surface area contributed by atoms with Crippen LogP contribution in [0.5, 0.6) is 11.5 Å². The average molecular weight is 458 g/mol. The van der Waals surface area contributed by atoms with Gasteiger partial charge in [0.15, 0.2) is 5.76 Å². The van der Waals surface area contributed by atoms with Gasteiger partial charge in [-0.25, -0.2) is 8.42 Å². The van der Waals surface area contributed by atoms with Gasteiger partial charge >= 0.3 is 0 Å². The van der Waals surface area contributed by atoms with Crippen molar-refractivity contribution in [3.8, 4) is 22.8 Å². The monoisotopic (exact) mass is 457 g/mol. The first-order valence-corrected chi connectivity index (χ1v) is 11.8. The number of nitrogens with zero attached hydrogens (tertiary/aromatic N) is 3. The second-order valence-electron chi connectivity index (χ2n) is 7.68. The molecule has 1 aromatic heterocycles. The summed E-state index contributed by atoms with van der Waals surface area (Å²) in [5.41, 5.74) is 3.35. The number of hydrogen-bond acceptors (Lipinski definition) is 7. The van der Waals surface area contributed by atoms with Gasteiger partial charge in [-0.05, 0) is 56.3 Å². The van der Waals surface area contributed by atoms with Crippen LogP contribution in [0.25, 0.3) is 11.3 Å². The van der Waals surface area contributed by atoms with E-state index in [1.165, 1.54) is 11.4 Å². The van der Waals surface area contributed by atoms with Crippen molar-refractivity contribution in [2.75, 3.05) is 45.3 Å². The number of methoxy groups -OCH3 is 2. The molecule has 1 fully saturated rings. The molecular weight excluding hydrogens is 430 g/mol. The zero-order valence-electron chi connectivity index (χ0n) is 18.7. The minimum atomic E-state index is -3.76. The SMILES string of the molecule is COc1ccc(N2CCN(S(=O)(=O)c3cc(-c4onc(C)c4C)ccc3OC)CC2)cc1. The van der Waals surface area contributed by atoms with Gasteiger partial charge in [-0.3, -0.25) is 0 Å². The van der Waals surface area contributed by atoms with E-state index in [0.29, 0.717) is 43.3 Å². The van der Waals surface area contributed by atoms with Gasteiger partial charge < -0.3 is 18.9 Å². The Morgan fingerprint density at radius 1 is 0.938 bits per heavy atom. The van der Waals surface area contributed by atoms with E-state index in [1.54, 1.807) is 25.3 Å². The molecule has 0 saturated carbocycles. The third-order valence-electron chi connectivity index (χ3n) is 5.88. The molecule has 1 aliphatic rings.